The molecule has 0 aliphatic carbocycles. The molecule has 1 amide bonds. The van der Waals surface area contributed by atoms with E-state index in [1.807, 2.05) is 0 Å². The molecule has 0 fully saturated rings. The highest BCUT2D eigenvalue weighted by Gasteiger charge is 1.79. The van der Waals surface area contributed by atoms with Crippen LogP contribution >= 0.6 is 0 Å². The zero-order chi connectivity index (χ0) is 7.11. The van der Waals surface area contributed by atoms with Crippen molar-refractivity contribution < 1.29 is 4.79 Å². The number of hydrogen-bond acceptors (Lipinski definition) is 2. The van der Waals surface area contributed by atoms with Crippen molar-refractivity contribution in [1.29, 1.82) is 0 Å². The van der Waals surface area contributed by atoms with E-state index in [-0.39, 0.29) is 5.91 Å². The average molecular weight is 126 g/mol. The lowest BCUT2D eigenvalue weighted by Gasteiger charge is -1.87. The Morgan fingerprint density at radius 2 is 2.56 bits per heavy atom. The van der Waals surface area contributed by atoms with Crippen LogP contribution in [0.5, 0.6) is 0 Å². The van der Waals surface area contributed by atoms with Crippen LogP contribution in [0.3, 0.4) is 0 Å². The summed E-state index contributed by atoms with van der Waals surface area (Å²) in [5.41, 5.74) is 0. The Morgan fingerprint density at radius 1 is 1.89 bits per heavy atom. The first-order chi connectivity index (χ1) is 4.27. The van der Waals surface area contributed by atoms with Gasteiger partial charge in [0.15, 0.2) is 0 Å². The Morgan fingerprint density at radius 3 is 3.00 bits per heavy atom. The van der Waals surface area contributed by atoms with E-state index in [0.29, 0.717) is 6.54 Å². The van der Waals surface area contributed by atoms with Crippen LogP contribution in [0.25, 0.3) is 0 Å². The molecule has 0 bridgehead atoms. The van der Waals surface area contributed by atoms with E-state index < -0.39 is 0 Å². The molecule has 0 spiro atoms. The van der Waals surface area contributed by atoms with Crippen molar-refractivity contribution in [2.75, 3.05) is 6.54 Å². The van der Waals surface area contributed by atoms with Crippen molar-refractivity contribution in [1.82, 2.24) is 5.32 Å². The SMILES string of the molecule is C=CCN=CNC(C)=O. The molecule has 1 N–H and O–H groups in total. The molecule has 0 atom stereocenters. The number of aliphatic imine (C=N–C) groups is 1. The summed E-state index contributed by atoms with van der Waals surface area (Å²) >= 11 is 0. The van der Waals surface area contributed by atoms with Gasteiger partial charge in [0.05, 0.1) is 12.9 Å². The first-order valence-electron chi connectivity index (χ1n) is 2.63. The van der Waals surface area contributed by atoms with Crippen LogP contribution in [0.15, 0.2) is 17.6 Å². The molecule has 3 nitrogen and oxygen atoms in total. The number of hydrogen-bond donors (Lipinski definition) is 1. The van der Waals surface area contributed by atoms with Crippen molar-refractivity contribution in [3.63, 3.8) is 0 Å². The third-order valence-electron chi connectivity index (χ3n) is 0.594. The van der Waals surface area contributed by atoms with Crippen molar-refractivity contribution in [3.05, 3.63) is 12.7 Å². The smallest absolute Gasteiger partial charge is 0.221 e. The van der Waals surface area contributed by atoms with Gasteiger partial charge in [0.2, 0.25) is 5.91 Å². The van der Waals surface area contributed by atoms with Crippen LogP contribution < -0.4 is 5.32 Å². The molecule has 0 aliphatic heterocycles. The summed E-state index contributed by atoms with van der Waals surface area (Å²) in [7, 11) is 0. The highest BCUT2D eigenvalue weighted by molar-refractivity contribution is 5.85. The highest BCUT2D eigenvalue weighted by Crippen LogP contribution is 1.65. The van der Waals surface area contributed by atoms with Gasteiger partial charge in [0.25, 0.3) is 0 Å². The van der Waals surface area contributed by atoms with Crippen LogP contribution in [0.4, 0.5) is 0 Å². The van der Waals surface area contributed by atoms with E-state index in [0.717, 1.165) is 0 Å². The summed E-state index contributed by atoms with van der Waals surface area (Å²) in [5, 5.41) is 2.40. The number of nitrogens with one attached hydrogen (secondary N) is 1. The lowest BCUT2D eigenvalue weighted by Crippen LogP contribution is -2.17. The first kappa shape index (κ1) is 7.88. The minimum Gasteiger partial charge on any atom is -0.317 e. The Bertz CT molecular complexity index is 129. The van der Waals surface area contributed by atoms with E-state index in [1.165, 1.54) is 13.3 Å². The van der Waals surface area contributed by atoms with Gasteiger partial charge in [-0.05, 0) is 0 Å². The summed E-state index contributed by atoms with van der Waals surface area (Å²) in [6.45, 7) is 5.42. The zero-order valence-electron chi connectivity index (χ0n) is 5.42. The molecule has 0 radical (unpaired) electrons. The number of carbonyl (C=O) groups is 1. The fourth-order valence-electron chi connectivity index (χ4n) is 0.264. The minimum atomic E-state index is -0.109. The second kappa shape index (κ2) is 5.03. The Kier molecular flexibility index (Phi) is 4.40. The normalized spacial score (nSPS) is 9.44. The molecule has 0 unspecified atom stereocenters. The predicted molar refractivity (Wildman–Crippen MR) is 37.4 cm³/mol. The maximum absolute atomic E-state index is 10.2. The van der Waals surface area contributed by atoms with Crippen LogP contribution in [0.1, 0.15) is 6.92 Å². The van der Waals surface area contributed by atoms with Crippen LogP contribution in [-0.4, -0.2) is 18.8 Å². The number of amides is 1. The largest absolute Gasteiger partial charge is 0.317 e. The van der Waals surface area contributed by atoms with Gasteiger partial charge >= 0.3 is 0 Å². The van der Waals surface area contributed by atoms with Gasteiger partial charge in [0, 0.05) is 6.92 Å². The van der Waals surface area contributed by atoms with Crippen LogP contribution in [0, 0.1) is 0 Å². The number of carbonyl (C=O) groups excluding carboxylic acids is 1. The predicted octanol–water partition coefficient (Wildman–Crippen LogP) is 0.337. The molecule has 9 heavy (non-hydrogen) atoms. The van der Waals surface area contributed by atoms with Gasteiger partial charge in [-0.1, -0.05) is 6.08 Å². The molecule has 0 heterocycles. The monoisotopic (exact) mass is 126 g/mol. The molecule has 0 aromatic carbocycles. The molecule has 0 saturated carbocycles. The third kappa shape index (κ3) is 6.88. The first-order valence-corrected chi connectivity index (χ1v) is 2.63. The Labute approximate surface area is 54.5 Å². The maximum atomic E-state index is 10.2. The molecule has 0 aliphatic rings. The lowest BCUT2D eigenvalue weighted by molar-refractivity contribution is -0.117. The number of nitrogens with zero attached hydrogens (tertiary/aromatic N) is 1. The Balaban J connectivity index is 3.24. The standard InChI is InChI=1S/C6H10N2O/c1-3-4-7-5-8-6(2)9/h3,5H,1,4H2,2H3,(H,7,8,9). The molecule has 0 aromatic rings. The van der Waals surface area contributed by atoms with Crippen molar-refractivity contribution >= 4 is 12.2 Å². The zero-order valence-corrected chi connectivity index (χ0v) is 5.42. The van der Waals surface area contributed by atoms with Gasteiger partial charge in [-0.15, -0.1) is 6.58 Å². The van der Waals surface area contributed by atoms with Crippen molar-refractivity contribution in [2.24, 2.45) is 4.99 Å². The molecule has 0 aromatic heterocycles. The topological polar surface area (TPSA) is 41.5 Å². The fraction of sp³-hybridized carbons (Fsp3) is 0.333. The van der Waals surface area contributed by atoms with E-state index in [9.17, 15) is 4.79 Å². The van der Waals surface area contributed by atoms with Gasteiger partial charge in [-0.25, -0.2) is 0 Å². The molecule has 0 saturated heterocycles. The van der Waals surface area contributed by atoms with Gasteiger partial charge < -0.3 is 5.32 Å². The van der Waals surface area contributed by atoms with E-state index >= 15 is 0 Å². The quantitative estimate of drug-likeness (QED) is 0.330. The summed E-state index contributed by atoms with van der Waals surface area (Å²) in [6.07, 6.45) is 3.02. The van der Waals surface area contributed by atoms with Crippen LogP contribution in [-0.2, 0) is 4.79 Å². The van der Waals surface area contributed by atoms with E-state index in [4.69, 9.17) is 0 Å². The summed E-state index contributed by atoms with van der Waals surface area (Å²) in [6, 6.07) is 0. The molecule has 3 heteroatoms. The number of rotatable bonds is 3. The summed E-state index contributed by atoms with van der Waals surface area (Å²) in [5.74, 6) is -0.109. The maximum Gasteiger partial charge on any atom is 0.221 e. The van der Waals surface area contributed by atoms with Crippen molar-refractivity contribution in [2.45, 2.75) is 6.92 Å². The van der Waals surface area contributed by atoms with E-state index in [1.54, 1.807) is 6.08 Å². The van der Waals surface area contributed by atoms with Gasteiger partial charge in [-0.3, -0.25) is 9.79 Å². The van der Waals surface area contributed by atoms with E-state index in [2.05, 4.69) is 16.9 Å². The van der Waals surface area contributed by atoms with Gasteiger partial charge in [-0.2, -0.15) is 0 Å². The molecule has 50 valence electrons. The summed E-state index contributed by atoms with van der Waals surface area (Å²) < 4.78 is 0. The summed E-state index contributed by atoms with van der Waals surface area (Å²) in [4.78, 5) is 13.9. The van der Waals surface area contributed by atoms with Crippen molar-refractivity contribution in [3.8, 4) is 0 Å². The molecular formula is C6H10N2O. The minimum absolute atomic E-state index is 0.109. The third-order valence-corrected chi connectivity index (χ3v) is 0.594. The Hall–Kier alpha value is -1.12. The highest BCUT2D eigenvalue weighted by atomic mass is 16.1. The fourth-order valence-corrected chi connectivity index (χ4v) is 0.264. The van der Waals surface area contributed by atoms with Gasteiger partial charge in [0.1, 0.15) is 0 Å². The average Bonchev–Trinajstić information content (AvgIpc) is 1.80. The second-order valence-electron chi connectivity index (χ2n) is 1.48. The lowest BCUT2D eigenvalue weighted by atomic mass is 10.6. The van der Waals surface area contributed by atoms with Crippen LogP contribution in [0.2, 0.25) is 0 Å². The second-order valence-corrected chi connectivity index (χ2v) is 1.48. The molecular weight excluding hydrogens is 116 g/mol. The molecule has 0 rings (SSSR count).